The summed E-state index contributed by atoms with van der Waals surface area (Å²) < 4.78 is 38.3. The lowest BCUT2D eigenvalue weighted by Gasteiger charge is -2.17. The highest BCUT2D eigenvalue weighted by atomic mass is 79.9. The van der Waals surface area contributed by atoms with Crippen LogP contribution >= 0.6 is 27.5 Å². The van der Waals surface area contributed by atoms with E-state index in [-0.39, 0.29) is 6.04 Å². The third-order valence-corrected chi connectivity index (χ3v) is 3.65. The van der Waals surface area contributed by atoms with Gasteiger partial charge in [-0.15, -0.1) is 0 Å². The van der Waals surface area contributed by atoms with Gasteiger partial charge >= 0.3 is 6.18 Å². The summed E-state index contributed by atoms with van der Waals surface area (Å²) in [6, 6.07) is 6.57. The first-order valence-electron chi connectivity index (χ1n) is 6.02. The zero-order valence-corrected chi connectivity index (χ0v) is 13.2. The summed E-state index contributed by atoms with van der Waals surface area (Å²) >= 11 is 9.26. The second kappa shape index (κ2) is 6.23. The van der Waals surface area contributed by atoms with Crippen molar-refractivity contribution in [3.63, 3.8) is 0 Å². The molecule has 1 N–H and O–H groups in total. The van der Waals surface area contributed by atoms with Crippen molar-refractivity contribution in [2.75, 3.05) is 5.32 Å². The molecule has 1 aromatic heterocycles. The van der Waals surface area contributed by atoms with E-state index in [1.807, 2.05) is 6.92 Å². The molecule has 2 nitrogen and oxygen atoms in total. The second-order valence-corrected chi connectivity index (χ2v) is 5.75. The van der Waals surface area contributed by atoms with Gasteiger partial charge in [-0.05, 0) is 46.6 Å². The maximum absolute atomic E-state index is 12.5. The molecule has 7 heteroatoms. The molecule has 0 saturated carbocycles. The Hall–Kier alpha value is -1.27. The maximum atomic E-state index is 12.5. The van der Waals surface area contributed by atoms with Gasteiger partial charge in [0, 0.05) is 16.7 Å². The highest BCUT2D eigenvalue weighted by Crippen LogP contribution is 2.31. The Kier molecular flexibility index (Phi) is 4.78. The van der Waals surface area contributed by atoms with Crippen molar-refractivity contribution in [2.45, 2.75) is 19.1 Å². The van der Waals surface area contributed by atoms with Gasteiger partial charge in [0.2, 0.25) is 0 Å². The molecular weight excluding hydrogens is 369 g/mol. The molecule has 0 fully saturated rings. The molecule has 1 aromatic carbocycles. The Labute approximate surface area is 133 Å². The number of hydrogen-bond donors (Lipinski definition) is 1. The fraction of sp³-hybridized carbons (Fsp3) is 0.214. The summed E-state index contributed by atoms with van der Waals surface area (Å²) in [5, 5.41) is 3.42. The molecule has 0 spiro atoms. The number of rotatable bonds is 3. The molecule has 2 aromatic rings. The highest BCUT2D eigenvalue weighted by molar-refractivity contribution is 9.10. The highest BCUT2D eigenvalue weighted by Gasteiger charge is 2.30. The number of pyridine rings is 1. The first-order valence-corrected chi connectivity index (χ1v) is 7.19. The summed E-state index contributed by atoms with van der Waals surface area (Å²) in [6.07, 6.45) is -2.76. The van der Waals surface area contributed by atoms with Gasteiger partial charge in [-0.2, -0.15) is 13.2 Å². The largest absolute Gasteiger partial charge is 0.416 e. The third kappa shape index (κ3) is 4.11. The molecule has 1 unspecified atom stereocenters. The van der Waals surface area contributed by atoms with Crippen LogP contribution in [0.15, 0.2) is 41.0 Å². The first-order chi connectivity index (χ1) is 9.77. The van der Waals surface area contributed by atoms with Crippen molar-refractivity contribution in [3.8, 4) is 0 Å². The van der Waals surface area contributed by atoms with E-state index in [1.54, 1.807) is 12.3 Å². The van der Waals surface area contributed by atoms with Crippen LogP contribution in [0.2, 0.25) is 5.15 Å². The number of nitrogens with zero attached hydrogens (tertiary/aromatic N) is 1. The van der Waals surface area contributed by atoms with Gasteiger partial charge in [0.15, 0.2) is 5.15 Å². The van der Waals surface area contributed by atoms with Crippen LogP contribution in [-0.2, 0) is 6.18 Å². The average molecular weight is 380 g/mol. The smallest absolute Gasteiger partial charge is 0.376 e. The summed E-state index contributed by atoms with van der Waals surface area (Å²) in [4.78, 5) is 3.98. The van der Waals surface area contributed by atoms with Crippen molar-refractivity contribution < 1.29 is 13.2 Å². The fourth-order valence-corrected chi connectivity index (χ4v) is 2.29. The van der Waals surface area contributed by atoms with E-state index in [2.05, 4.69) is 26.2 Å². The van der Waals surface area contributed by atoms with Gasteiger partial charge < -0.3 is 5.32 Å². The zero-order chi connectivity index (χ0) is 15.6. The Bertz CT molecular complexity index is 629. The van der Waals surface area contributed by atoms with Crippen LogP contribution < -0.4 is 5.32 Å². The van der Waals surface area contributed by atoms with Crippen molar-refractivity contribution in [1.82, 2.24) is 4.98 Å². The third-order valence-electron chi connectivity index (χ3n) is 2.92. The average Bonchev–Trinajstić information content (AvgIpc) is 2.42. The number of halogens is 5. The molecule has 0 radical (unpaired) electrons. The van der Waals surface area contributed by atoms with Crippen LogP contribution in [0.5, 0.6) is 0 Å². The predicted molar refractivity (Wildman–Crippen MR) is 80.4 cm³/mol. The SMILES string of the molecule is CC(Nc1cc(Br)cnc1Cl)c1ccc(C(F)(F)F)cc1. The fourth-order valence-electron chi connectivity index (χ4n) is 1.80. The Morgan fingerprint density at radius 3 is 2.43 bits per heavy atom. The molecular formula is C14H11BrClF3N2. The van der Waals surface area contributed by atoms with Crippen LogP contribution in [0.3, 0.4) is 0 Å². The minimum Gasteiger partial charge on any atom is -0.376 e. The summed E-state index contributed by atoms with van der Waals surface area (Å²) in [6.45, 7) is 1.83. The molecule has 1 atom stereocenters. The summed E-state index contributed by atoms with van der Waals surface area (Å²) in [5.41, 5.74) is 0.665. The summed E-state index contributed by atoms with van der Waals surface area (Å²) in [5.74, 6) is 0. The number of alkyl halides is 3. The molecule has 2 rings (SSSR count). The van der Waals surface area contributed by atoms with E-state index >= 15 is 0 Å². The second-order valence-electron chi connectivity index (χ2n) is 4.48. The molecule has 0 bridgehead atoms. The van der Waals surface area contributed by atoms with Crippen LogP contribution in [0, 0.1) is 0 Å². The van der Waals surface area contributed by atoms with E-state index < -0.39 is 11.7 Å². The van der Waals surface area contributed by atoms with E-state index in [4.69, 9.17) is 11.6 Å². The van der Waals surface area contributed by atoms with Crippen molar-refractivity contribution in [2.24, 2.45) is 0 Å². The molecule has 0 aliphatic heterocycles. The van der Waals surface area contributed by atoms with Gasteiger partial charge in [0.05, 0.1) is 11.3 Å². The monoisotopic (exact) mass is 378 g/mol. The molecule has 21 heavy (non-hydrogen) atoms. The molecule has 0 aliphatic carbocycles. The van der Waals surface area contributed by atoms with Crippen LogP contribution in [0.1, 0.15) is 24.1 Å². The van der Waals surface area contributed by atoms with Gasteiger partial charge in [-0.25, -0.2) is 4.98 Å². The minimum atomic E-state index is -4.33. The minimum absolute atomic E-state index is 0.208. The normalized spacial score (nSPS) is 13.0. The standard InChI is InChI=1S/C14H11BrClF3N2/c1-8(21-12-6-11(15)7-20-13(12)16)9-2-4-10(5-3-9)14(17,18)19/h2-8,21H,1H3. The van der Waals surface area contributed by atoms with Gasteiger partial charge in [0.25, 0.3) is 0 Å². The van der Waals surface area contributed by atoms with Gasteiger partial charge in [0.1, 0.15) is 0 Å². The molecule has 0 amide bonds. The maximum Gasteiger partial charge on any atom is 0.416 e. The Balaban J connectivity index is 2.17. The van der Waals surface area contributed by atoms with E-state index in [9.17, 15) is 13.2 Å². The topological polar surface area (TPSA) is 24.9 Å². The number of anilines is 1. The lowest BCUT2D eigenvalue weighted by molar-refractivity contribution is -0.137. The Morgan fingerprint density at radius 2 is 1.86 bits per heavy atom. The number of aromatic nitrogens is 1. The molecule has 0 saturated heterocycles. The predicted octanol–water partition coefficient (Wildman–Crippen LogP) is 5.69. The van der Waals surface area contributed by atoms with Crippen LogP contribution in [-0.4, -0.2) is 4.98 Å². The molecule has 0 aliphatic rings. The van der Waals surface area contributed by atoms with E-state index in [1.165, 1.54) is 12.1 Å². The van der Waals surface area contributed by atoms with Gasteiger partial charge in [-0.3, -0.25) is 0 Å². The summed E-state index contributed by atoms with van der Waals surface area (Å²) in [7, 11) is 0. The van der Waals surface area contributed by atoms with Crippen LogP contribution in [0.25, 0.3) is 0 Å². The van der Waals surface area contributed by atoms with E-state index in [0.717, 1.165) is 22.2 Å². The van der Waals surface area contributed by atoms with Crippen molar-refractivity contribution in [3.05, 3.63) is 57.3 Å². The number of benzene rings is 1. The van der Waals surface area contributed by atoms with Crippen molar-refractivity contribution >= 4 is 33.2 Å². The van der Waals surface area contributed by atoms with Gasteiger partial charge in [-0.1, -0.05) is 23.7 Å². The van der Waals surface area contributed by atoms with Crippen LogP contribution in [0.4, 0.5) is 18.9 Å². The lowest BCUT2D eigenvalue weighted by Crippen LogP contribution is -2.09. The number of nitrogens with one attached hydrogen (secondary N) is 1. The van der Waals surface area contributed by atoms with Crippen molar-refractivity contribution in [1.29, 1.82) is 0 Å². The molecule has 1 heterocycles. The lowest BCUT2D eigenvalue weighted by atomic mass is 10.1. The van der Waals surface area contributed by atoms with E-state index in [0.29, 0.717) is 10.8 Å². The number of hydrogen-bond acceptors (Lipinski definition) is 2. The zero-order valence-electron chi connectivity index (χ0n) is 10.9. The first kappa shape index (κ1) is 16.1. The molecule has 112 valence electrons. The quantitative estimate of drug-likeness (QED) is 0.693. The Morgan fingerprint density at radius 1 is 1.24 bits per heavy atom.